The highest BCUT2D eigenvalue weighted by Gasteiger charge is 2.04. The van der Waals surface area contributed by atoms with Gasteiger partial charge in [-0.25, -0.2) is 0 Å². The molecule has 2 heteroatoms. The molecule has 0 aromatic heterocycles. The van der Waals surface area contributed by atoms with Crippen molar-refractivity contribution in [1.29, 1.82) is 0 Å². The Morgan fingerprint density at radius 2 is 2.00 bits per heavy atom. The first-order valence-electron chi connectivity index (χ1n) is 5.40. The number of likely N-dealkylation sites (N-methyl/N-ethyl adjacent to an activating group) is 1. The topological polar surface area (TPSA) is 12.0 Å². The molecule has 0 aliphatic carbocycles. The minimum absolute atomic E-state index is 0.274. The number of hydrogen-bond acceptors (Lipinski definition) is 2. The van der Waals surface area contributed by atoms with E-state index >= 15 is 0 Å². The molecule has 1 atom stereocenters. The predicted octanol–water partition coefficient (Wildman–Crippen LogP) is 3.64. The Labute approximate surface area is 97.0 Å². The molecule has 1 aromatic rings. The first-order valence-corrected chi connectivity index (χ1v) is 6.39. The summed E-state index contributed by atoms with van der Waals surface area (Å²) in [6.07, 6.45) is 1.95. The molecule has 0 radical (unpaired) electrons. The molecule has 1 rings (SSSR count). The van der Waals surface area contributed by atoms with Gasteiger partial charge in [-0.15, -0.1) is 18.3 Å². The molecular weight excluding hydrogens is 202 g/mol. The lowest BCUT2D eigenvalue weighted by atomic mass is 10.1. The zero-order chi connectivity index (χ0) is 11.1. The first-order chi connectivity index (χ1) is 7.31. The highest BCUT2D eigenvalue weighted by Crippen LogP contribution is 2.21. The average molecular weight is 221 g/mol. The van der Waals surface area contributed by atoms with E-state index in [0.29, 0.717) is 0 Å². The van der Waals surface area contributed by atoms with Crippen LogP contribution >= 0.6 is 11.8 Å². The third kappa shape index (κ3) is 3.73. The van der Waals surface area contributed by atoms with Crippen molar-refractivity contribution in [3.05, 3.63) is 42.5 Å². The number of rotatable bonds is 6. The number of benzene rings is 1. The molecule has 0 saturated carbocycles. The van der Waals surface area contributed by atoms with Gasteiger partial charge in [0.15, 0.2) is 0 Å². The zero-order valence-electron chi connectivity index (χ0n) is 9.49. The fourth-order valence-corrected chi connectivity index (χ4v) is 2.16. The van der Waals surface area contributed by atoms with Gasteiger partial charge in [0.2, 0.25) is 0 Å². The van der Waals surface area contributed by atoms with Crippen LogP contribution in [-0.4, -0.2) is 12.3 Å². The summed E-state index contributed by atoms with van der Waals surface area (Å²) in [6, 6.07) is 8.98. The second kappa shape index (κ2) is 6.70. The monoisotopic (exact) mass is 221 g/mol. The fraction of sp³-hybridized carbons (Fsp3) is 0.385. The predicted molar refractivity (Wildman–Crippen MR) is 69.5 cm³/mol. The average Bonchev–Trinajstić information content (AvgIpc) is 2.28. The van der Waals surface area contributed by atoms with Crippen molar-refractivity contribution in [3.8, 4) is 0 Å². The molecule has 0 heterocycles. The highest BCUT2D eigenvalue weighted by atomic mass is 32.2. The van der Waals surface area contributed by atoms with Crippen LogP contribution in [0.15, 0.2) is 41.8 Å². The van der Waals surface area contributed by atoms with E-state index in [1.807, 2.05) is 17.8 Å². The van der Waals surface area contributed by atoms with Crippen molar-refractivity contribution in [3.63, 3.8) is 0 Å². The van der Waals surface area contributed by atoms with Gasteiger partial charge in [-0.1, -0.05) is 32.1 Å². The van der Waals surface area contributed by atoms with E-state index in [2.05, 4.69) is 50.0 Å². The van der Waals surface area contributed by atoms with Gasteiger partial charge in [0.05, 0.1) is 6.04 Å². The van der Waals surface area contributed by atoms with Crippen molar-refractivity contribution in [1.82, 2.24) is 5.32 Å². The second-order valence-electron chi connectivity index (χ2n) is 3.27. The molecule has 0 saturated heterocycles. The molecule has 0 fully saturated rings. The summed E-state index contributed by atoms with van der Waals surface area (Å²) >= 11 is 1.87. The van der Waals surface area contributed by atoms with E-state index in [9.17, 15) is 0 Å². The minimum atomic E-state index is 0.274. The summed E-state index contributed by atoms with van der Waals surface area (Å²) in [5.74, 6) is 1.12. The van der Waals surface area contributed by atoms with Gasteiger partial charge >= 0.3 is 0 Å². The van der Waals surface area contributed by atoms with Crippen LogP contribution in [0, 0.1) is 0 Å². The molecule has 1 unspecified atom stereocenters. The lowest BCUT2D eigenvalue weighted by Gasteiger charge is -2.13. The Hall–Kier alpha value is -0.730. The molecule has 0 aliphatic rings. The molecule has 0 bridgehead atoms. The van der Waals surface area contributed by atoms with E-state index in [1.54, 1.807) is 0 Å². The van der Waals surface area contributed by atoms with Crippen LogP contribution in [0.2, 0.25) is 0 Å². The van der Waals surface area contributed by atoms with E-state index < -0.39 is 0 Å². The highest BCUT2D eigenvalue weighted by molar-refractivity contribution is 7.99. The maximum absolute atomic E-state index is 3.85. The van der Waals surface area contributed by atoms with Crippen molar-refractivity contribution in [2.45, 2.75) is 24.8 Å². The van der Waals surface area contributed by atoms with Crippen LogP contribution in [0.5, 0.6) is 0 Å². The molecule has 1 aromatic carbocycles. The number of hydrogen-bond donors (Lipinski definition) is 1. The third-order valence-corrected chi connectivity index (χ3v) is 3.10. The Bertz CT molecular complexity index is 292. The Morgan fingerprint density at radius 3 is 2.47 bits per heavy atom. The lowest BCUT2D eigenvalue weighted by molar-refractivity contribution is 0.649. The summed E-state index contributed by atoms with van der Waals surface area (Å²) in [6.45, 7) is 9.09. The molecule has 1 N–H and O–H groups in total. The second-order valence-corrected chi connectivity index (χ2v) is 4.61. The molecule has 82 valence electrons. The molecule has 1 nitrogen and oxygen atoms in total. The SMILES string of the molecule is C=CC(NCC)c1ccc(SCC)cc1. The van der Waals surface area contributed by atoms with Crippen molar-refractivity contribution < 1.29 is 0 Å². The van der Waals surface area contributed by atoms with E-state index in [-0.39, 0.29) is 6.04 Å². The van der Waals surface area contributed by atoms with E-state index in [1.165, 1.54) is 10.5 Å². The Balaban J connectivity index is 2.72. The molecule has 0 spiro atoms. The summed E-state index contributed by atoms with van der Waals surface area (Å²) in [4.78, 5) is 1.33. The van der Waals surface area contributed by atoms with Crippen LogP contribution in [0.3, 0.4) is 0 Å². The molecule has 0 aliphatic heterocycles. The van der Waals surface area contributed by atoms with Gasteiger partial charge in [-0.2, -0.15) is 0 Å². The van der Waals surface area contributed by atoms with E-state index in [0.717, 1.165) is 12.3 Å². The summed E-state index contributed by atoms with van der Waals surface area (Å²) in [5.41, 5.74) is 1.28. The first kappa shape index (κ1) is 12.3. The number of nitrogens with one attached hydrogen (secondary N) is 1. The lowest BCUT2D eigenvalue weighted by Crippen LogP contribution is -2.18. The maximum atomic E-state index is 3.85. The molecular formula is C13H19NS. The smallest absolute Gasteiger partial charge is 0.0503 e. The summed E-state index contributed by atoms with van der Waals surface area (Å²) in [5, 5.41) is 3.38. The summed E-state index contributed by atoms with van der Waals surface area (Å²) in [7, 11) is 0. The normalized spacial score (nSPS) is 12.4. The van der Waals surface area contributed by atoms with Gasteiger partial charge in [0.25, 0.3) is 0 Å². The van der Waals surface area contributed by atoms with Gasteiger partial charge in [-0.3, -0.25) is 0 Å². The largest absolute Gasteiger partial charge is 0.307 e. The standard InChI is InChI=1S/C13H19NS/c1-4-13(14-5-2)11-7-9-12(10-8-11)15-6-3/h4,7-10,13-14H,1,5-6H2,2-3H3. The Morgan fingerprint density at radius 1 is 1.33 bits per heavy atom. The minimum Gasteiger partial charge on any atom is -0.307 e. The molecule has 15 heavy (non-hydrogen) atoms. The maximum Gasteiger partial charge on any atom is 0.0503 e. The van der Waals surface area contributed by atoms with Gasteiger partial charge in [0.1, 0.15) is 0 Å². The van der Waals surface area contributed by atoms with Crippen LogP contribution < -0.4 is 5.32 Å². The Kier molecular flexibility index (Phi) is 5.51. The fourth-order valence-electron chi connectivity index (χ4n) is 1.50. The zero-order valence-corrected chi connectivity index (χ0v) is 10.3. The van der Waals surface area contributed by atoms with Crippen LogP contribution in [0.4, 0.5) is 0 Å². The van der Waals surface area contributed by atoms with Crippen molar-refractivity contribution >= 4 is 11.8 Å². The van der Waals surface area contributed by atoms with Crippen molar-refractivity contribution in [2.75, 3.05) is 12.3 Å². The van der Waals surface area contributed by atoms with Gasteiger partial charge in [-0.05, 0) is 30.0 Å². The van der Waals surface area contributed by atoms with Crippen molar-refractivity contribution in [2.24, 2.45) is 0 Å². The molecule has 0 amide bonds. The van der Waals surface area contributed by atoms with Gasteiger partial charge in [0, 0.05) is 4.90 Å². The van der Waals surface area contributed by atoms with E-state index in [4.69, 9.17) is 0 Å². The quantitative estimate of drug-likeness (QED) is 0.581. The third-order valence-electron chi connectivity index (χ3n) is 2.21. The number of thioether (sulfide) groups is 1. The van der Waals surface area contributed by atoms with Crippen LogP contribution in [-0.2, 0) is 0 Å². The van der Waals surface area contributed by atoms with Crippen LogP contribution in [0.25, 0.3) is 0 Å². The van der Waals surface area contributed by atoms with Crippen LogP contribution in [0.1, 0.15) is 25.5 Å². The summed E-state index contributed by atoms with van der Waals surface area (Å²) < 4.78 is 0. The van der Waals surface area contributed by atoms with Gasteiger partial charge < -0.3 is 5.32 Å².